The van der Waals surface area contributed by atoms with Gasteiger partial charge in [0.25, 0.3) is 0 Å². The summed E-state index contributed by atoms with van der Waals surface area (Å²) < 4.78 is 27.1. The van der Waals surface area contributed by atoms with Crippen molar-refractivity contribution in [2.75, 3.05) is 33.2 Å². The van der Waals surface area contributed by atoms with Crippen molar-refractivity contribution in [3.05, 3.63) is 29.3 Å². The molecule has 0 unspecified atom stereocenters. The van der Waals surface area contributed by atoms with Gasteiger partial charge >= 0.3 is 0 Å². The molecule has 0 bridgehead atoms. The van der Waals surface area contributed by atoms with Crippen LogP contribution in [0.2, 0.25) is 0 Å². The molecule has 0 atom stereocenters. The van der Waals surface area contributed by atoms with E-state index in [4.69, 9.17) is 0 Å². The fourth-order valence-corrected chi connectivity index (χ4v) is 4.85. The highest BCUT2D eigenvalue weighted by Crippen LogP contribution is 2.25. The maximum absolute atomic E-state index is 12.8. The van der Waals surface area contributed by atoms with E-state index in [1.54, 1.807) is 13.1 Å². The summed E-state index contributed by atoms with van der Waals surface area (Å²) in [5.74, 6) is 0. The number of benzene rings is 1. The standard InChI is InChI=1S/C18H28N2O2S/c1-19(13-14-20-11-5-2-6-12-20)23(21,22)18-10-9-16-7-3-4-8-17(16)15-18/h9-10,15H,2-8,11-14H2,1H3. The van der Waals surface area contributed by atoms with Gasteiger partial charge in [-0.1, -0.05) is 12.5 Å². The van der Waals surface area contributed by atoms with Crippen LogP contribution in [0.15, 0.2) is 23.1 Å². The molecule has 0 radical (unpaired) electrons. The predicted octanol–water partition coefficient (Wildman–Crippen LogP) is 2.67. The van der Waals surface area contributed by atoms with Gasteiger partial charge in [-0.25, -0.2) is 8.42 Å². The Balaban J connectivity index is 1.67. The SMILES string of the molecule is CN(CCN1CCCCC1)S(=O)(=O)c1ccc2c(c1)CCCC2. The summed E-state index contributed by atoms with van der Waals surface area (Å²) in [7, 11) is -1.66. The molecule has 0 amide bonds. The molecule has 128 valence electrons. The van der Waals surface area contributed by atoms with Crippen molar-refractivity contribution >= 4 is 10.0 Å². The zero-order valence-electron chi connectivity index (χ0n) is 14.1. The van der Waals surface area contributed by atoms with Gasteiger partial charge in [-0.2, -0.15) is 4.31 Å². The number of nitrogens with zero attached hydrogens (tertiary/aromatic N) is 2. The molecule has 1 fully saturated rings. The molecule has 5 heteroatoms. The summed E-state index contributed by atoms with van der Waals surface area (Å²) in [6.07, 6.45) is 8.26. The monoisotopic (exact) mass is 336 g/mol. The normalized spacial score (nSPS) is 19.7. The van der Waals surface area contributed by atoms with E-state index < -0.39 is 10.0 Å². The summed E-state index contributed by atoms with van der Waals surface area (Å²) in [6, 6.07) is 5.71. The Labute approximate surface area is 140 Å². The van der Waals surface area contributed by atoms with E-state index in [0.717, 1.165) is 32.5 Å². The first-order chi connectivity index (χ1) is 11.1. The number of rotatable bonds is 5. The van der Waals surface area contributed by atoms with Crippen LogP contribution in [0.1, 0.15) is 43.2 Å². The third-order valence-electron chi connectivity index (χ3n) is 5.21. The number of fused-ring (bicyclic) bond motifs is 1. The molecule has 1 aromatic rings. The van der Waals surface area contributed by atoms with Crippen molar-refractivity contribution in [2.24, 2.45) is 0 Å². The molecule has 0 aromatic heterocycles. The second-order valence-electron chi connectivity index (χ2n) is 6.87. The molecule has 0 spiro atoms. The highest BCUT2D eigenvalue weighted by atomic mass is 32.2. The minimum Gasteiger partial charge on any atom is -0.302 e. The number of hydrogen-bond donors (Lipinski definition) is 0. The first-order valence-corrected chi connectivity index (χ1v) is 10.3. The molecule has 1 heterocycles. The van der Waals surface area contributed by atoms with Crippen molar-refractivity contribution in [3.63, 3.8) is 0 Å². The maximum Gasteiger partial charge on any atom is 0.242 e. The highest BCUT2D eigenvalue weighted by Gasteiger charge is 2.23. The smallest absolute Gasteiger partial charge is 0.242 e. The number of aryl methyl sites for hydroxylation is 2. The molecule has 0 saturated carbocycles. The number of sulfonamides is 1. The number of piperidine rings is 1. The summed E-state index contributed by atoms with van der Waals surface area (Å²) in [4.78, 5) is 2.84. The van der Waals surface area contributed by atoms with E-state index in [1.807, 2.05) is 12.1 Å². The van der Waals surface area contributed by atoms with Gasteiger partial charge in [-0.05, 0) is 74.9 Å². The Morgan fingerprint density at radius 3 is 2.43 bits per heavy atom. The molecule has 1 saturated heterocycles. The summed E-state index contributed by atoms with van der Waals surface area (Å²) >= 11 is 0. The van der Waals surface area contributed by atoms with E-state index >= 15 is 0 Å². The molecule has 2 aliphatic rings. The number of likely N-dealkylation sites (N-methyl/N-ethyl adjacent to an activating group) is 1. The van der Waals surface area contributed by atoms with Crippen molar-refractivity contribution in [3.8, 4) is 0 Å². The first kappa shape index (κ1) is 16.9. The van der Waals surface area contributed by atoms with Crippen LogP contribution in [0.5, 0.6) is 0 Å². The lowest BCUT2D eigenvalue weighted by molar-refractivity contribution is 0.218. The van der Waals surface area contributed by atoms with Crippen LogP contribution in [-0.4, -0.2) is 50.8 Å². The second-order valence-corrected chi connectivity index (χ2v) is 8.91. The first-order valence-electron chi connectivity index (χ1n) is 8.88. The Hall–Kier alpha value is -0.910. The van der Waals surface area contributed by atoms with E-state index in [9.17, 15) is 8.42 Å². The van der Waals surface area contributed by atoms with Crippen molar-refractivity contribution in [2.45, 2.75) is 49.8 Å². The van der Waals surface area contributed by atoms with Gasteiger partial charge in [-0.15, -0.1) is 0 Å². The molecular weight excluding hydrogens is 308 g/mol. The predicted molar refractivity (Wildman–Crippen MR) is 93.2 cm³/mol. The van der Waals surface area contributed by atoms with Gasteiger partial charge in [-0.3, -0.25) is 0 Å². The summed E-state index contributed by atoms with van der Waals surface area (Å²) in [5.41, 5.74) is 2.55. The fraction of sp³-hybridized carbons (Fsp3) is 0.667. The van der Waals surface area contributed by atoms with Gasteiger partial charge < -0.3 is 4.90 Å². The third-order valence-corrected chi connectivity index (χ3v) is 7.06. The van der Waals surface area contributed by atoms with Gasteiger partial charge in [0.15, 0.2) is 0 Å². The summed E-state index contributed by atoms with van der Waals surface area (Å²) in [6.45, 7) is 3.61. The van der Waals surface area contributed by atoms with Crippen LogP contribution in [0, 0.1) is 0 Å². The fourth-order valence-electron chi connectivity index (χ4n) is 3.64. The van der Waals surface area contributed by atoms with Crippen LogP contribution >= 0.6 is 0 Å². The van der Waals surface area contributed by atoms with Crippen molar-refractivity contribution < 1.29 is 8.42 Å². The topological polar surface area (TPSA) is 40.6 Å². The minimum absolute atomic E-state index is 0.458. The lowest BCUT2D eigenvalue weighted by atomic mass is 9.92. The zero-order chi connectivity index (χ0) is 16.3. The Morgan fingerprint density at radius 2 is 1.70 bits per heavy atom. The molecule has 0 N–H and O–H groups in total. The average Bonchev–Trinajstić information content (AvgIpc) is 2.60. The van der Waals surface area contributed by atoms with Gasteiger partial charge in [0.1, 0.15) is 0 Å². The largest absolute Gasteiger partial charge is 0.302 e. The lowest BCUT2D eigenvalue weighted by Gasteiger charge is -2.28. The quantitative estimate of drug-likeness (QED) is 0.830. The highest BCUT2D eigenvalue weighted by molar-refractivity contribution is 7.89. The molecule has 23 heavy (non-hydrogen) atoms. The average molecular weight is 337 g/mol. The van der Waals surface area contributed by atoms with Gasteiger partial charge in [0.05, 0.1) is 4.90 Å². The van der Waals surface area contributed by atoms with Crippen LogP contribution in [0.3, 0.4) is 0 Å². The summed E-state index contributed by atoms with van der Waals surface area (Å²) in [5, 5.41) is 0. The molecule has 1 aliphatic carbocycles. The molecule has 4 nitrogen and oxygen atoms in total. The number of hydrogen-bond acceptors (Lipinski definition) is 3. The molecule has 1 aliphatic heterocycles. The molecule has 1 aromatic carbocycles. The van der Waals surface area contributed by atoms with E-state index in [1.165, 1.54) is 47.5 Å². The van der Waals surface area contributed by atoms with Gasteiger partial charge in [0, 0.05) is 20.1 Å². The van der Waals surface area contributed by atoms with Crippen molar-refractivity contribution in [1.82, 2.24) is 9.21 Å². The van der Waals surface area contributed by atoms with Crippen LogP contribution in [-0.2, 0) is 22.9 Å². The van der Waals surface area contributed by atoms with Crippen LogP contribution in [0.4, 0.5) is 0 Å². The molecular formula is C18H28N2O2S. The van der Waals surface area contributed by atoms with Gasteiger partial charge in [0.2, 0.25) is 10.0 Å². The lowest BCUT2D eigenvalue weighted by Crippen LogP contribution is -2.38. The Bertz CT molecular complexity index is 636. The van der Waals surface area contributed by atoms with E-state index in [2.05, 4.69) is 4.90 Å². The number of likely N-dealkylation sites (tertiary alicyclic amines) is 1. The van der Waals surface area contributed by atoms with Crippen LogP contribution < -0.4 is 0 Å². The maximum atomic E-state index is 12.8. The Morgan fingerprint density at radius 1 is 1.00 bits per heavy atom. The van der Waals surface area contributed by atoms with Crippen molar-refractivity contribution in [1.29, 1.82) is 0 Å². The van der Waals surface area contributed by atoms with E-state index in [0.29, 0.717) is 11.4 Å². The van der Waals surface area contributed by atoms with E-state index in [-0.39, 0.29) is 0 Å². The second kappa shape index (κ2) is 7.32. The van der Waals surface area contributed by atoms with Crippen LogP contribution in [0.25, 0.3) is 0 Å². The minimum atomic E-state index is -3.37. The molecule has 3 rings (SSSR count). The third kappa shape index (κ3) is 3.95. The Kier molecular flexibility index (Phi) is 5.39. The zero-order valence-corrected chi connectivity index (χ0v) is 14.9.